The molecular formula is C13H21N3O2. The van der Waals surface area contributed by atoms with E-state index in [1.54, 1.807) is 0 Å². The molecule has 2 heterocycles. The van der Waals surface area contributed by atoms with Crippen LogP contribution in [0.15, 0.2) is 18.2 Å². The third-order valence-electron chi connectivity index (χ3n) is 3.11. The number of aliphatic hydroxyl groups excluding tert-OH is 1. The van der Waals surface area contributed by atoms with E-state index in [1.807, 2.05) is 37.2 Å². The van der Waals surface area contributed by atoms with E-state index < -0.39 is 0 Å². The lowest BCUT2D eigenvalue weighted by Gasteiger charge is -2.32. The van der Waals surface area contributed by atoms with Gasteiger partial charge in [0.1, 0.15) is 11.9 Å². The van der Waals surface area contributed by atoms with Gasteiger partial charge in [0.2, 0.25) is 0 Å². The minimum Gasteiger partial charge on any atom is -0.395 e. The Morgan fingerprint density at radius 2 is 2.33 bits per heavy atom. The first kappa shape index (κ1) is 13.3. The maximum Gasteiger partial charge on any atom is 0.128 e. The number of ether oxygens (including phenoxy) is 1. The highest BCUT2D eigenvalue weighted by Crippen LogP contribution is 2.22. The summed E-state index contributed by atoms with van der Waals surface area (Å²) in [6.45, 7) is 3.26. The van der Waals surface area contributed by atoms with Gasteiger partial charge in [-0.15, -0.1) is 0 Å². The molecule has 1 saturated heterocycles. The fourth-order valence-corrected chi connectivity index (χ4v) is 2.09. The summed E-state index contributed by atoms with van der Waals surface area (Å²) in [5, 5.41) is 8.99. The average Bonchev–Trinajstić information content (AvgIpc) is 2.39. The lowest BCUT2D eigenvalue weighted by molar-refractivity contribution is -0.0357. The van der Waals surface area contributed by atoms with E-state index in [9.17, 15) is 0 Å². The number of hydrogen-bond acceptors (Lipinski definition) is 5. The summed E-state index contributed by atoms with van der Waals surface area (Å²) >= 11 is 0. The molecule has 1 aromatic heterocycles. The largest absolute Gasteiger partial charge is 0.395 e. The summed E-state index contributed by atoms with van der Waals surface area (Å²) in [6, 6.07) is 5.99. The molecule has 0 aromatic carbocycles. The lowest BCUT2D eigenvalue weighted by Crippen LogP contribution is -2.40. The third-order valence-corrected chi connectivity index (χ3v) is 3.11. The molecule has 0 amide bonds. The first-order valence-electron chi connectivity index (χ1n) is 6.30. The van der Waals surface area contributed by atoms with Gasteiger partial charge in [-0.2, -0.15) is 0 Å². The molecule has 1 N–H and O–H groups in total. The Morgan fingerprint density at radius 3 is 3.06 bits per heavy atom. The Bertz CT molecular complexity index is 382. The summed E-state index contributed by atoms with van der Waals surface area (Å²) in [5.41, 5.74) is 0.962. The van der Waals surface area contributed by atoms with Gasteiger partial charge in [0.25, 0.3) is 0 Å². The Balaban J connectivity index is 2.08. The quantitative estimate of drug-likeness (QED) is 0.845. The molecule has 1 aliphatic rings. The number of rotatable bonds is 4. The van der Waals surface area contributed by atoms with Gasteiger partial charge < -0.3 is 14.7 Å². The Hall–Kier alpha value is -1.17. The number of nitrogens with zero attached hydrogens (tertiary/aromatic N) is 3. The van der Waals surface area contributed by atoms with Crippen molar-refractivity contribution >= 4 is 5.82 Å². The third kappa shape index (κ3) is 3.19. The average molecular weight is 251 g/mol. The highest BCUT2D eigenvalue weighted by Gasteiger charge is 2.22. The van der Waals surface area contributed by atoms with Gasteiger partial charge in [-0.25, -0.2) is 4.98 Å². The van der Waals surface area contributed by atoms with Crippen molar-refractivity contribution < 1.29 is 9.84 Å². The van der Waals surface area contributed by atoms with E-state index in [0.717, 1.165) is 24.6 Å². The molecule has 5 nitrogen and oxygen atoms in total. The molecule has 1 atom stereocenters. The fraction of sp³-hybridized carbons (Fsp3) is 0.615. The molecule has 0 bridgehead atoms. The minimum absolute atomic E-state index is 0.00481. The van der Waals surface area contributed by atoms with Gasteiger partial charge in [-0.3, -0.25) is 4.90 Å². The van der Waals surface area contributed by atoms with E-state index in [4.69, 9.17) is 9.84 Å². The second kappa shape index (κ2) is 6.13. The van der Waals surface area contributed by atoms with Crippen LogP contribution in [0.2, 0.25) is 0 Å². The van der Waals surface area contributed by atoms with Gasteiger partial charge in [-0.05, 0) is 12.1 Å². The van der Waals surface area contributed by atoms with Crippen molar-refractivity contribution in [3.8, 4) is 0 Å². The van der Waals surface area contributed by atoms with E-state index in [-0.39, 0.29) is 12.7 Å². The molecule has 1 fully saturated rings. The van der Waals surface area contributed by atoms with Crippen molar-refractivity contribution in [1.82, 2.24) is 9.88 Å². The molecule has 0 spiro atoms. The Morgan fingerprint density at radius 1 is 1.50 bits per heavy atom. The van der Waals surface area contributed by atoms with Gasteiger partial charge in [-0.1, -0.05) is 6.07 Å². The predicted molar refractivity (Wildman–Crippen MR) is 70.8 cm³/mol. The zero-order chi connectivity index (χ0) is 13.0. The molecule has 18 heavy (non-hydrogen) atoms. The standard InChI is InChI=1S/C13H21N3O2/c1-15(2)13-5-3-4-11(14-13)12-10-16(6-8-17)7-9-18-12/h3-5,12,17H,6-10H2,1-2H3. The molecule has 1 aliphatic heterocycles. The number of aliphatic hydroxyl groups is 1. The number of morpholine rings is 1. The highest BCUT2D eigenvalue weighted by molar-refractivity contribution is 5.37. The van der Waals surface area contributed by atoms with Gasteiger partial charge >= 0.3 is 0 Å². The Labute approximate surface area is 108 Å². The zero-order valence-corrected chi connectivity index (χ0v) is 11.0. The summed E-state index contributed by atoms with van der Waals surface area (Å²) in [5.74, 6) is 0.940. The van der Waals surface area contributed by atoms with E-state index in [0.29, 0.717) is 13.2 Å². The maximum atomic E-state index is 8.99. The molecular weight excluding hydrogens is 230 g/mol. The first-order chi connectivity index (χ1) is 8.70. The van der Waals surface area contributed by atoms with Crippen LogP contribution in [0.5, 0.6) is 0 Å². The summed E-state index contributed by atoms with van der Waals surface area (Å²) in [4.78, 5) is 8.79. The van der Waals surface area contributed by atoms with Crippen molar-refractivity contribution in [2.24, 2.45) is 0 Å². The fourth-order valence-electron chi connectivity index (χ4n) is 2.09. The van der Waals surface area contributed by atoms with Crippen molar-refractivity contribution in [3.63, 3.8) is 0 Å². The van der Waals surface area contributed by atoms with Crippen molar-refractivity contribution in [1.29, 1.82) is 0 Å². The molecule has 1 unspecified atom stereocenters. The molecule has 1 aromatic rings. The van der Waals surface area contributed by atoms with Crippen LogP contribution < -0.4 is 4.90 Å². The van der Waals surface area contributed by atoms with Gasteiger partial charge in [0, 0.05) is 33.7 Å². The van der Waals surface area contributed by atoms with Crippen LogP contribution in [0.1, 0.15) is 11.8 Å². The lowest BCUT2D eigenvalue weighted by atomic mass is 10.2. The molecule has 100 valence electrons. The topological polar surface area (TPSA) is 48.8 Å². The monoisotopic (exact) mass is 251 g/mol. The second-order valence-corrected chi connectivity index (χ2v) is 4.70. The summed E-state index contributed by atoms with van der Waals surface area (Å²) < 4.78 is 5.77. The van der Waals surface area contributed by atoms with Crippen LogP contribution in [0.3, 0.4) is 0 Å². The maximum absolute atomic E-state index is 8.99. The smallest absolute Gasteiger partial charge is 0.128 e. The number of pyridine rings is 1. The summed E-state index contributed by atoms with van der Waals surface area (Å²) in [7, 11) is 3.96. The van der Waals surface area contributed by atoms with Crippen LogP contribution in [0.4, 0.5) is 5.82 Å². The number of anilines is 1. The van der Waals surface area contributed by atoms with Crippen LogP contribution in [0.25, 0.3) is 0 Å². The van der Waals surface area contributed by atoms with Crippen LogP contribution >= 0.6 is 0 Å². The number of aromatic nitrogens is 1. The van der Waals surface area contributed by atoms with Crippen molar-refractivity contribution in [3.05, 3.63) is 23.9 Å². The minimum atomic E-state index is 0.00481. The van der Waals surface area contributed by atoms with Crippen LogP contribution in [0, 0.1) is 0 Å². The highest BCUT2D eigenvalue weighted by atomic mass is 16.5. The van der Waals surface area contributed by atoms with E-state index in [1.165, 1.54) is 0 Å². The second-order valence-electron chi connectivity index (χ2n) is 4.70. The first-order valence-corrected chi connectivity index (χ1v) is 6.30. The predicted octanol–water partition coefficient (Wildman–Crippen LogP) is 0.513. The van der Waals surface area contributed by atoms with Gasteiger partial charge in [0.05, 0.1) is 18.9 Å². The Kier molecular flexibility index (Phi) is 4.52. The molecule has 0 radical (unpaired) electrons. The van der Waals surface area contributed by atoms with Gasteiger partial charge in [0.15, 0.2) is 0 Å². The number of hydrogen-bond donors (Lipinski definition) is 1. The molecule has 0 saturated carbocycles. The summed E-state index contributed by atoms with van der Waals surface area (Å²) in [6.07, 6.45) is 0.00481. The normalized spacial score (nSPS) is 20.9. The van der Waals surface area contributed by atoms with Crippen molar-refractivity contribution in [2.45, 2.75) is 6.10 Å². The molecule has 2 rings (SSSR count). The van der Waals surface area contributed by atoms with Crippen LogP contribution in [-0.4, -0.2) is 61.9 Å². The zero-order valence-electron chi connectivity index (χ0n) is 11.0. The SMILES string of the molecule is CN(C)c1cccc(C2CN(CCO)CCO2)n1. The van der Waals surface area contributed by atoms with E-state index in [2.05, 4.69) is 9.88 Å². The number of β-amino-alcohol motifs (C(OH)–C–C–N with tert-alkyl or cyclic N) is 1. The van der Waals surface area contributed by atoms with Crippen molar-refractivity contribution in [2.75, 3.05) is 51.8 Å². The van der Waals surface area contributed by atoms with Crippen LogP contribution in [-0.2, 0) is 4.74 Å². The molecule has 5 heteroatoms. The van der Waals surface area contributed by atoms with E-state index >= 15 is 0 Å². The molecule has 0 aliphatic carbocycles.